The number of aromatic amines is 1. The lowest BCUT2D eigenvalue weighted by atomic mass is 9.91. The average Bonchev–Trinajstić information content (AvgIpc) is 3.48. The summed E-state index contributed by atoms with van der Waals surface area (Å²) in [6, 6.07) is 11.4. The highest BCUT2D eigenvalue weighted by molar-refractivity contribution is 5.75. The van der Waals surface area contributed by atoms with Crippen molar-refractivity contribution in [3.63, 3.8) is 0 Å². The predicted molar refractivity (Wildman–Crippen MR) is 133 cm³/mol. The van der Waals surface area contributed by atoms with Crippen LogP contribution in [-0.4, -0.2) is 54.4 Å². The van der Waals surface area contributed by atoms with Gasteiger partial charge in [0, 0.05) is 37.2 Å². The van der Waals surface area contributed by atoms with Gasteiger partial charge in [0.15, 0.2) is 5.82 Å². The molecule has 10 nitrogen and oxygen atoms in total. The highest BCUT2D eigenvalue weighted by atomic mass is 16.6. The number of likely N-dealkylation sites (tertiary alicyclic amines) is 1. The molecule has 4 aromatic rings. The van der Waals surface area contributed by atoms with Crippen LogP contribution in [0.4, 0.5) is 4.79 Å². The first-order chi connectivity index (χ1) is 17.2. The largest absolute Gasteiger partial charge is 0.444 e. The average molecular weight is 491 g/mol. The zero-order valence-electron chi connectivity index (χ0n) is 20.9. The van der Waals surface area contributed by atoms with Gasteiger partial charge < -0.3 is 19.1 Å². The summed E-state index contributed by atoms with van der Waals surface area (Å²) < 4.78 is 12.9. The van der Waals surface area contributed by atoms with Crippen molar-refractivity contribution in [3.05, 3.63) is 70.0 Å². The Balaban J connectivity index is 1.46. The summed E-state index contributed by atoms with van der Waals surface area (Å²) in [5.41, 5.74) is 2.20. The van der Waals surface area contributed by atoms with Crippen LogP contribution in [0.5, 0.6) is 0 Å². The first-order valence-electron chi connectivity index (χ1n) is 12.2. The highest BCUT2D eigenvalue weighted by Gasteiger charge is 2.32. The Bertz CT molecular complexity index is 1420. The predicted octanol–water partition coefficient (Wildman–Crippen LogP) is 4.34. The summed E-state index contributed by atoms with van der Waals surface area (Å²) in [6.07, 6.45) is 2.71. The van der Waals surface area contributed by atoms with Gasteiger partial charge in [-0.05, 0) is 39.2 Å². The van der Waals surface area contributed by atoms with E-state index in [0.29, 0.717) is 48.9 Å². The molecule has 0 bridgehead atoms. The standard InChI is InChI=1S/C26H30N6O4/c1-16(17-8-6-5-7-9-17)22-28-24(36-30-22)20-21(29-32-15-12-19(33)27-23(20)32)18-10-13-31(14-11-18)25(34)35-26(2,3)4/h5-9,12,15-16,18H,10-11,13-14H2,1-4H3,(H,27,33). The molecule has 5 rings (SSSR count). The van der Waals surface area contributed by atoms with Crippen LogP contribution in [-0.2, 0) is 4.74 Å². The number of nitrogens with zero attached hydrogens (tertiary/aromatic N) is 5. The second-order valence-corrected chi connectivity index (χ2v) is 10.2. The molecule has 1 unspecified atom stereocenters. The number of aromatic nitrogens is 5. The smallest absolute Gasteiger partial charge is 0.410 e. The van der Waals surface area contributed by atoms with Gasteiger partial charge in [-0.2, -0.15) is 10.1 Å². The molecule has 0 aliphatic carbocycles. The van der Waals surface area contributed by atoms with E-state index in [-0.39, 0.29) is 23.5 Å². The Morgan fingerprint density at radius 2 is 1.89 bits per heavy atom. The number of amides is 1. The molecule has 36 heavy (non-hydrogen) atoms. The maximum Gasteiger partial charge on any atom is 0.410 e. The van der Waals surface area contributed by atoms with Crippen molar-refractivity contribution < 1.29 is 14.1 Å². The number of carbonyl (C=O) groups excluding carboxylic acids is 1. The summed E-state index contributed by atoms with van der Waals surface area (Å²) in [5, 5.41) is 9.03. The van der Waals surface area contributed by atoms with Gasteiger partial charge in [-0.15, -0.1) is 0 Å². The Kier molecular flexibility index (Phi) is 6.11. The SMILES string of the molecule is CC(c1ccccc1)c1noc(-c2c(C3CCN(C(=O)OC(C)(C)C)CC3)nn3ccc(=O)[nH]c23)n1. The molecule has 3 aromatic heterocycles. The van der Waals surface area contributed by atoms with Crippen molar-refractivity contribution in [2.45, 2.75) is 58.0 Å². The molecule has 1 fully saturated rings. The number of piperidine rings is 1. The van der Waals surface area contributed by atoms with Crippen molar-refractivity contribution in [2.75, 3.05) is 13.1 Å². The number of hydrogen-bond donors (Lipinski definition) is 1. The Morgan fingerprint density at radius 3 is 2.58 bits per heavy atom. The van der Waals surface area contributed by atoms with Crippen molar-refractivity contribution in [2.24, 2.45) is 0 Å². The van der Waals surface area contributed by atoms with E-state index in [0.717, 1.165) is 11.3 Å². The van der Waals surface area contributed by atoms with Crippen molar-refractivity contribution in [1.29, 1.82) is 0 Å². The van der Waals surface area contributed by atoms with E-state index in [9.17, 15) is 9.59 Å². The van der Waals surface area contributed by atoms with Crippen LogP contribution in [0.2, 0.25) is 0 Å². The van der Waals surface area contributed by atoms with E-state index in [1.54, 1.807) is 15.6 Å². The van der Waals surface area contributed by atoms with Crippen LogP contribution < -0.4 is 5.56 Å². The fourth-order valence-corrected chi connectivity index (χ4v) is 4.54. The molecule has 0 saturated carbocycles. The molecule has 0 radical (unpaired) electrons. The maximum absolute atomic E-state index is 12.5. The van der Waals surface area contributed by atoms with Crippen LogP contribution >= 0.6 is 0 Å². The Hall–Kier alpha value is -3.95. The third-order valence-electron chi connectivity index (χ3n) is 6.42. The molecular formula is C26H30N6O4. The lowest BCUT2D eigenvalue weighted by molar-refractivity contribution is 0.0204. The minimum atomic E-state index is -0.541. The number of carbonyl (C=O) groups is 1. The van der Waals surface area contributed by atoms with Gasteiger partial charge >= 0.3 is 6.09 Å². The van der Waals surface area contributed by atoms with Gasteiger partial charge in [-0.3, -0.25) is 4.79 Å². The summed E-state index contributed by atoms with van der Waals surface area (Å²) in [7, 11) is 0. The zero-order valence-corrected chi connectivity index (χ0v) is 20.9. The van der Waals surface area contributed by atoms with E-state index >= 15 is 0 Å². The fourth-order valence-electron chi connectivity index (χ4n) is 4.54. The molecular weight excluding hydrogens is 460 g/mol. The van der Waals surface area contributed by atoms with Crippen LogP contribution in [0.1, 0.15) is 69.5 Å². The number of fused-ring (bicyclic) bond motifs is 1. The minimum Gasteiger partial charge on any atom is -0.444 e. The fraction of sp³-hybridized carbons (Fsp3) is 0.423. The van der Waals surface area contributed by atoms with Gasteiger partial charge in [0.1, 0.15) is 16.8 Å². The third kappa shape index (κ3) is 4.75. The molecule has 10 heteroatoms. The maximum atomic E-state index is 12.5. The van der Waals surface area contributed by atoms with Crippen LogP contribution in [0, 0.1) is 0 Å². The van der Waals surface area contributed by atoms with Crippen molar-refractivity contribution >= 4 is 11.7 Å². The second-order valence-electron chi connectivity index (χ2n) is 10.2. The number of ether oxygens (including phenoxy) is 1. The summed E-state index contributed by atoms with van der Waals surface area (Å²) in [4.78, 5) is 34.0. The second kappa shape index (κ2) is 9.25. The number of H-pyrrole nitrogens is 1. The Morgan fingerprint density at radius 1 is 1.17 bits per heavy atom. The molecule has 1 atom stereocenters. The number of rotatable bonds is 4. The normalized spacial score (nSPS) is 15.8. The first-order valence-corrected chi connectivity index (χ1v) is 12.2. The summed E-state index contributed by atoms with van der Waals surface area (Å²) in [6.45, 7) is 8.69. The summed E-state index contributed by atoms with van der Waals surface area (Å²) in [5.74, 6) is 0.850. The molecule has 0 spiro atoms. The van der Waals surface area contributed by atoms with E-state index < -0.39 is 5.60 Å². The van der Waals surface area contributed by atoms with Gasteiger partial charge in [-0.25, -0.2) is 9.31 Å². The van der Waals surface area contributed by atoms with Gasteiger partial charge in [-0.1, -0.05) is 42.4 Å². The van der Waals surface area contributed by atoms with Crippen molar-refractivity contribution in [1.82, 2.24) is 29.6 Å². The molecule has 188 valence electrons. The van der Waals surface area contributed by atoms with Crippen molar-refractivity contribution in [3.8, 4) is 11.5 Å². The minimum absolute atomic E-state index is 0.0454. The lowest BCUT2D eigenvalue weighted by Crippen LogP contribution is -2.41. The topological polar surface area (TPSA) is 119 Å². The van der Waals surface area contributed by atoms with Crippen LogP contribution in [0.3, 0.4) is 0 Å². The van der Waals surface area contributed by atoms with E-state index in [2.05, 4.69) is 10.1 Å². The van der Waals surface area contributed by atoms with Gasteiger partial charge in [0.2, 0.25) is 0 Å². The molecule has 1 amide bonds. The molecule has 1 aliphatic heterocycles. The number of benzene rings is 1. The van der Waals surface area contributed by atoms with E-state index in [1.807, 2.05) is 58.0 Å². The lowest BCUT2D eigenvalue weighted by Gasteiger charge is -2.33. The van der Waals surface area contributed by atoms with E-state index in [1.165, 1.54) is 6.07 Å². The number of hydrogen-bond acceptors (Lipinski definition) is 7. The first kappa shape index (κ1) is 23.8. The number of nitrogens with one attached hydrogen (secondary N) is 1. The molecule has 1 N–H and O–H groups in total. The van der Waals surface area contributed by atoms with E-state index in [4.69, 9.17) is 19.3 Å². The third-order valence-corrected chi connectivity index (χ3v) is 6.42. The Labute approximate surface area is 208 Å². The molecule has 4 heterocycles. The highest BCUT2D eigenvalue weighted by Crippen LogP contribution is 2.37. The van der Waals surface area contributed by atoms with Crippen LogP contribution in [0.15, 0.2) is 51.9 Å². The van der Waals surface area contributed by atoms with Crippen LogP contribution in [0.25, 0.3) is 17.1 Å². The molecule has 1 aromatic carbocycles. The quantitative estimate of drug-likeness (QED) is 0.452. The molecule has 1 saturated heterocycles. The zero-order chi connectivity index (χ0) is 25.4. The van der Waals surface area contributed by atoms with Gasteiger partial charge in [0.25, 0.3) is 11.4 Å². The van der Waals surface area contributed by atoms with Gasteiger partial charge in [0.05, 0.1) is 5.69 Å². The monoisotopic (exact) mass is 490 g/mol. The summed E-state index contributed by atoms with van der Waals surface area (Å²) >= 11 is 0. The molecule has 1 aliphatic rings.